The standard InChI is InChI=1S/C16H18ClN3O/c1-18-14-10-9-13(17)15(20-14)16(21)19-11-5-8-12-6-3-2-4-7-12/h2-4,6-7,9-10H,5,8,11H2,1H3,(H,18,20)(H,19,21). The largest absolute Gasteiger partial charge is 0.373 e. The Hall–Kier alpha value is -2.07. The molecule has 4 nitrogen and oxygen atoms in total. The van der Waals surface area contributed by atoms with Crippen molar-refractivity contribution in [3.8, 4) is 0 Å². The van der Waals surface area contributed by atoms with E-state index in [1.165, 1.54) is 5.56 Å². The van der Waals surface area contributed by atoms with Gasteiger partial charge in [-0.3, -0.25) is 4.79 Å². The lowest BCUT2D eigenvalue weighted by Crippen LogP contribution is -2.26. The molecule has 0 aliphatic heterocycles. The number of rotatable bonds is 6. The second kappa shape index (κ2) is 7.64. The van der Waals surface area contributed by atoms with E-state index in [-0.39, 0.29) is 11.6 Å². The molecule has 0 radical (unpaired) electrons. The van der Waals surface area contributed by atoms with Gasteiger partial charge in [0.25, 0.3) is 5.91 Å². The third-order valence-electron chi connectivity index (χ3n) is 3.09. The Morgan fingerprint density at radius 3 is 2.67 bits per heavy atom. The van der Waals surface area contributed by atoms with Crippen LogP contribution >= 0.6 is 11.6 Å². The Kier molecular flexibility index (Phi) is 5.58. The third-order valence-corrected chi connectivity index (χ3v) is 3.39. The van der Waals surface area contributed by atoms with Gasteiger partial charge in [0.2, 0.25) is 0 Å². The Bertz CT molecular complexity index is 602. The second-order valence-electron chi connectivity index (χ2n) is 4.62. The van der Waals surface area contributed by atoms with Gasteiger partial charge in [0.05, 0.1) is 5.02 Å². The zero-order valence-electron chi connectivity index (χ0n) is 11.9. The van der Waals surface area contributed by atoms with Gasteiger partial charge in [-0.25, -0.2) is 4.98 Å². The summed E-state index contributed by atoms with van der Waals surface area (Å²) in [6.07, 6.45) is 1.80. The van der Waals surface area contributed by atoms with Crippen molar-refractivity contribution >= 4 is 23.3 Å². The van der Waals surface area contributed by atoms with Crippen LogP contribution in [0.2, 0.25) is 5.02 Å². The van der Waals surface area contributed by atoms with Gasteiger partial charge >= 0.3 is 0 Å². The van der Waals surface area contributed by atoms with Gasteiger partial charge in [-0.05, 0) is 30.5 Å². The molecule has 0 saturated heterocycles. The first-order chi connectivity index (χ1) is 10.2. The predicted molar refractivity (Wildman–Crippen MR) is 85.9 cm³/mol. The van der Waals surface area contributed by atoms with Gasteiger partial charge in [-0.1, -0.05) is 41.9 Å². The minimum Gasteiger partial charge on any atom is -0.373 e. The summed E-state index contributed by atoms with van der Waals surface area (Å²) in [5.74, 6) is 0.374. The number of nitrogens with one attached hydrogen (secondary N) is 2. The fraction of sp³-hybridized carbons (Fsp3) is 0.250. The zero-order valence-corrected chi connectivity index (χ0v) is 12.7. The highest BCUT2D eigenvalue weighted by Crippen LogP contribution is 2.16. The molecule has 0 saturated carbocycles. The molecule has 0 unspecified atom stereocenters. The molecule has 0 fully saturated rings. The van der Waals surface area contributed by atoms with Gasteiger partial charge in [-0.2, -0.15) is 0 Å². The molecular formula is C16H18ClN3O. The fourth-order valence-corrected chi connectivity index (χ4v) is 2.15. The number of nitrogens with zero attached hydrogens (tertiary/aromatic N) is 1. The number of benzene rings is 1. The van der Waals surface area contributed by atoms with Gasteiger partial charge < -0.3 is 10.6 Å². The number of carbonyl (C=O) groups excluding carboxylic acids is 1. The number of halogens is 1. The maximum Gasteiger partial charge on any atom is 0.271 e. The van der Waals surface area contributed by atoms with Crippen LogP contribution in [0.3, 0.4) is 0 Å². The molecule has 21 heavy (non-hydrogen) atoms. The first kappa shape index (κ1) is 15.3. The van der Waals surface area contributed by atoms with Crippen LogP contribution in [0.4, 0.5) is 5.82 Å². The smallest absolute Gasteiger partial charge is 0.271 e. The molecule has 0 atom stereocenters. The zero-order chi connectivity index (χ0) is 15.1. The molecule has 0 aliphatic rings. The van der Waals surface area contributed by atoms with Crippen molar-refractivity contribution in [1.29, 1.82) is 0 Å². The number of hydrogen-bond donors (Lipinski definition) is 2. The van der Waals surface area contributed by atoms with Crippen LogP contribution in [0.15, 0.2) is 42.5 Å². The van der Waals surface area contributed by atoms with Crippen molar-refractivity contribution in [3.05, 3.63) is 58.7 Å². The predicted octanol–water partition coefficient (Wildman–Crippen LogP) is 3.14. The van der Waals surface area contributed by atoms with Crippen LogP contribution in [-0.2, 0) is 6.42 Å². The second-order valence-corrected chi connectivity index (χ2v) is 5.03. The molecule has 5 heteroatoms. The Balaban J connectivity index is 1.84. The lowest BCUT2D eigenvalue weighted by Gasteiger charge is -2.08. The Labute approximate surface area is 129 Å². The van der Waals surface area contributed by atoms with E-state index in [2.05, 4.69) is 27.8 Å². The van der Waals surface area contributed by atoms with Crippen LogP contribution in [0.1, 0.15) is 22.5 Å². The van der Waals surface area contributed by atoms with Crippen molar-refractivity contribution < 1.29 is 4.79 Å². The topological polar surface area (TPSA) is 54.0 Å². The highest BCUT2D eigenvalue weighted by molar-refractivity contribution is 6.33. The number of amides is 1. The minimum absolute atomic E-state index is 0.245. The SMILES string of the molecule is CNc1ccc(Cl)c(C(=O)NCCCc2ccccc2)n1. The third kappa shape index (κ3) is 4.46. The first-order valence-electron chi connectivity index (χ1n) is 6.87. The molecule has 1 aromatic heterocycles. The summed E-state index contributed by atoms with van der Waals surface area (Å²) < 4.78 is 0. The number of pyridine rings is 1. The quantitative estimate of drug-likeness (QED) is 0.806. The Morgan fingerprint density at radius 1 is 1.19 bits per heavy atom. The summed E-state index contributed by atoms with van der Waals surface area (Å²) in [6.45, 7) is 0.593. The maximum absolute atomic E-state index is 12.1. The normalized spacial score (nSPS) is 10.2. The molecule has 2 rings (SSSR count). The van der Waals surface area contributed by atoms with Crippen LogP contribution in [0.5, 0.6) is 0 Å². The molecule has 1 heterocycles. The van der Waals surface area contributed by atoms with E-state index in [0.717, 1.165) is 12.8 Å². The number of hydrogen-bond acceptors (Lipinski definition) is 3. The van der Waals surface area contributed by atoms with Crippen LogP contribution in [0.25, 0.3) is 0 Å². The summed E-state index contributed by atoms with van der Waals surface area (Å²) >= 11 is 6.01. The van der Waals surface area contributed by atoms with Crippen molar-refractivity contribution in [2.45, 2.75) is 12.8 Å². The van der Waals surface area contributed by atoms with Crippen molar-refractivity contribution in [2.24, 2.45) is 0 Å². The molecule has 1 amide bonds. The van der Waals surface area contributed by atoms with Gasteiger partial charge in [0.1, 0.15) is 11.5 Å². The fourth-order valence-electron chi connectivity index (χ4n) is 1.96. The molecule has 0 spiro atoms. The number of aromatic nitrogens is 1. The summed E-state index contributed by atoms with van der Waals surface area (Å²) in [6, 6.07) is 13.6. The van der Waals surface area contributed by atoms with E-state index < -0.39 is 0 Å². The summed E-state index contributed by atoms with van der Waals surface area (Å²) in [5, 5.41) is 6.09. The van der Waals surface area contributed by atoms with E-state index in [0.29, 0.717) is 17.4 Å². The number of anilines is 1. The van der Waals surface area contributed by atoms with Crippen LogP contribution in [0, 0.1) is 0 Å². The molecule has 2 aromatic rings. The van der Waals surface area contributed by atoms with Gasteiger partial charge in [0.15, 0.2) is 0 Å². The highest BCUT2D eigenvalue weighted by atomic mass is 35.5. The Morgan fingerprint density at radius 2 is 1.95 bits per heavy atom. The molecular weight excluding hydrogens is 286 g/mol. The molecule has 110 valence electrons. The number of aryl methyl sites for hydroxylation is 1. The monoisotopic (exact) mass is 303 g/mol. The van der Waals surface area contributed by atoms with Crippen LogP contribution in [-0.4, -0.2) is 24.5 Å². The number of carbonyl (C=O) groups is 1. The van der Waals surface area contributed by atoms with E-state index in [1.54, 1.807) is 19.2 Å². The van der Waals surface area contributed by atoms with E-state index >= 15 is 0 Å². The molecule has 1 aromatic carbocycles. The molecule has 0 aliphatic carbocycles. The lowest BCUT2D eigenvalue weighted by molar-refractivity contribution is 0.0948. The summed E-state index contributed by atoms with van der Waals surface area (Å²) in [4.78, 5) is 16.2. The van der Waals surface area contributed by atoms with Crippen molar-refractivity contribution in [3.63, 3.8) is 0 Å². The van der Waals surface area contributed by atoms with Gasteiger partial charge in [-0.15, -0.1) is 0 Å². The molecule has 0 bridgehead atoms. The van der Waals surface area contributed by atoms with Crippen LogP contribution < -0.4 is 10.6 Å². The van der Waals surface area contributed by atoms with E-state index in [4.69, 9.17) is 11.6 Å². The minimum atomic E-state index is -0.245. The lowest BCUT2D eigenvalue weighted by atomic mass is 10.1. The van der Waals surface area contributed by atoms with E-state index in [9.17, 15) is 4.79 Å². The summed E-state index contributed by atoms with van der Waals surface area (Å²) in [5.41, 5.74) is 1.52. The first-order valence-corrected chi connectivity index (χ1v) is 7.25. The maximum atomic E-state index is 12.1. The van der Waals surface area contributed by atoms with Crippen molar-refractivity contribution in [2.75, 3.05) is 18.9 Å². The summed E-state index contributed by atoms with van der Waals surface area (Å²) in [7, 11) is 1.75. The molecule has 2 N–H and O–H groups in total. The average molecular weight is 304 g/mol. The van der Waals surface area contributed by atoms with Crippen molar-refractivity contribution in [1.82, 2.24) is 10.3 Å². The average Bonchev–Trinajstić information content (AvgIpc) is 2.53. The highest BCUT2D eigenvalue weighted by Gasteiger charge is 2.12. The van der Waals surface area contributed by atoms with Gasteiger partial charge in [0, 0.05) is 13.6 Å². The van der Waals surface area contributed by atoms with E-state index in [1.807, 2.05) is 18.2 Å².